The summed E-state index contributed by atoms with van der Waals surface area (Å²) >= 11 is 0. The van der Waals surface area contributed by atoms with Gasteiger partial charge < -0.3 is 4.84 Å². The van der Waals surface area contributed by atoms with E-state index in [9.17, 15) is 12.8 Å². The maximum atomic E-state index is 13.4. The van der Waals surface area contributed by atoms with Gasteiger partial charge in [0.1, 0.15) is 12.9 Å². The monoisotopic (exact) mass is 433 g/mol. The van der Waals surface area contributed by atoms with Gasteiger partial charge in [0.05, 0.1) is 15.5 Å². The normalized spacial score (nSPS) is 12.2. The zero-order valence-electron chi connectivity index (χ0n) is 17.0. The molecule has 4 rings (SSSR count). The van der Waals surface area contributed by atoms with Gasteiger partial charge in [0.2, 0.25) is 9.84 Å². The SMILES string of the molecule is CO/N=C(/C)c1ccccc1S(=O)(=O)c1ccc2cc(-c3ccc(F)cc3)ccc2c1. The van der Waals surface area contributed by atoms with Crippen molar-refractivity contribution in [2.75, 3.05) is 7.11 Å². The van der Waals surface area contributed by atoms with Crippen LogP contribution < -0.4 is 0 Å². The third-order valence-electron chi connectivity index (χ3n) is 5.09. The number of halogens is 1. The molecule has 4 aromatic carbocycles. The van der Waals surface area contributed by atoms with Gasteiger partial charge >= 0.3 is 0 Å². The molecule has 0 fully saturated rings. The molecule has 0 aliphatic carbocycles. The van der Waals surface area contributed by atoms with Crippen LogP contribution in [0.4, 0.5) is 4.39 Å². The van der Waals surface area contributed by atoms with Crippen LogP contribution >= 0.6 is 0 Å². The van der Waals surface area contributed by atoms with Crippen molar-refractivity contribution >= 4 is 26.3 Å². The lowest BCUT2D eigenvalue weighted by Crippen LogP contribution is -2.09. The highest BCUT2D eigenvalue weighted by atomic mass is 32.2. The standard InChI is InChI=1S/C25H20FNO3S/c1-17(27-30-2)24-5-3-4-6-25(24)31(28,29)23-14-11-20-15-19(7-8-21(20)16-23)18-9-12-22(26)13-10-18/h3-16H,1-2H3/b27-17-. The van der Waals surface area contributed by atoms with Crippen LogP contribution in [-0.4, -0.2) is 21.2 Å². The molecule has 0 amide bonds. The lowest BCUT2D eigenvalue weighted by molar-refractivity contribution is 0.213. The molecule has 4 nitrogen and oxygen atoms in total. The van der Waals surface area contributed by atoms with Gasteiger partial charge in [-0.15, -0.1) is 0 Å². The minimum atomic E-state index is -3.77. The van der Waals surface area contributed by atoms with Gasteiger partial charge in [-0.3, -0.25) is 0 Å². The van der Waals surface area contributed by atoms with Gasteiger partial charge in [-0.25, -0.2) is 12.8 Å². The molecule has 0 N–H and O–H groups in total. The third-order valence-corrected chi connectivity index (χ3v) is 6.90. The third kappa shape index (κ3) is 4.07. The van der Waals surface area contributed by atoms with Crippen LogP contribution in [0, 0.1) is 5.82 Å². The van der Waals surface area contributed by atoms with E-state index in [1.807, 2.05) is 18.2 Å². The molecule has 0 saturated carbocycles. The van der Waals surface area contributed by atoms with Gasteiger partial charge in [-0.1, -0.05) is 53.7 Å². The minimum absolute atomic E-state index is 0.176. The lowest BCUT2D eigenvalue weighted by Gasteiger charge is -2.11. The smallest absolute Gasteiger partial charge is 0.207 e. The van der Waals surface area contributed by atoms with E-state index in [-0.39, 0.29) is 15.6 Å². The van der Waals surface area contributed by atoms with Gasteiger partial charge in [-0.2, -0.15) is 0 Å². The molecule has 0 aliphatic heterocycles. The topological polar surface area (TPSA) is 55.7 Å². The summed E-state index contributed by atoms with van der Waals surface area (Å²) in [7, 11) is -2.35. The van der Waals surface area contributed by atoms with E-state index in [1.54, 1.807) is 61.5 Å². The first-order chi connectivity index (χ1) is 14.9. The van der Waals surface area contributed by atoms with Crippen molar-refractivity contribution in [1.82, 2.24) is 0 Å². The fraction of sp³-hybridized carbons (Fsp3) is 0.0800. The fourth-order valence-electron chi connectivity index (χ4n) is 3.53. The van der Waals surface area contributed by atoms with Crippen molar-refractivity contribution in [3.63, 3.8) is 0 Å². The van der Waals surface area contributed by atoms with Crippen molar-refractivity contribution in [3.05, 3.63) is 96.3 Å². The molecule has 156 valence electrons. The second-order valence-electron chi connectivity index (χ2n) is 7.09. The summed E-state index contributed by atoms with van der Waals surface area (Å²) in [5.74, 6) is -0.287. The zero-order chi connectivity index (χ0) is 22.0. The van der Waals surface area contributed by atoms with E-state index in [2.05, 4.69) is 5.16 Å². The van der Waals surface area contributed by atoms with Gasteiger partial charge in [-0.05, 0) is 65.2 Å². The molecule has 0 radical (unpaired) electrons. The van der Waals surface area contributed by atoms with Crippen LogP contribution in [-0.2, 0) is 14.7 Å². The molecule has 0 unspecified atom stereocenters. The Hall–Kier alpha value is -3.51. The summed E-state index contributed by atoms with van der Waals surface area (Å²) in [6.07, 6.45) is 0. The van der Waals surface area contributed by atoms with E-state index in [1.165, 1.54) is 19.2 Å². The minimum Gasteiger partial charge on any atom is -0.399 e. The highest BCUT2D eigenvalue weighted by molar-refractivity contribution is 7.91. The largest absolute Gasteiger partial charge is 0.399 e. The molecular weight excluding hydrogens is 413 g/mol. The van der Waals surface area contributed by atoms with Gasteiger partial charge in [0, 0.05) is 5.56 Å². The molecule has 0 saturated heterocycles. The second kappa shape index (κ2) is 8.32. The molecule has 0 heterocycles. The number of nitrogens with zero attached hydrogens (tertiary/aromatic N) is 1. The molecule has 0 spiro atoms. The Balaban J connectivity index is 1.78. The van der Waals surface area contributed by atoms with Crippen LogP contribution in [0.25, 0.3) is 21.9 Å². The summed E-state index contributed by atoms with van der Waals surface area (Å²) < 4.78 is 40.0. The quantitative estimate of drug-likeness (QED) is 0.293. The van der Waals surface area contributed by atoms with Gasteiger partial charge in [0.15, 0.2) is 0 Å². The summed E-state index contributed by atoms with van der Waals surface area (Å²) in [5.41, 5.74) is 2.80. The summed E-state index contributed by atoms with van der Waals surface area (Å²) in [6.45, 7) is 1.70. The number of hydrogen-bond donors (Lipinski definition) is 0. The molecule has 0 aromatic heterocycles. The van der Waals surface area contributed by atoms with Crippen LogP contribution in [0.3, 0.4) is 0 Å². The molecule has 6 heteroatoms. The molecule has 0 aliphatic rings. The van der Waals surface area contributed by atoms with E-state index in [4.69, 9.17) is 4.84 Å². The van der Waals surface area contributed by atoms with E-state index < -0.39 is 9.84 Å². The van der Waals surface area contributed by atoms with Crippen molar-refractivity contribution in [2.45, 2.75) is 16.7 Å². The van der Waals surface area contributed by atoms with Crippen LogP contribution in [0.1, 0.15) is 12.5 Å². The maximum Gasteiger partial charge on any atom is 0.207 e. The summed E-state index contributed by atoms with van der Waals surface area (Å²) in [5, 5.41) is 5.58. The first kappa shape index (κ1) is 20.8. The Kier molecular flexibility index (Phi) is 5.57. The summed E-state index contributed by atoms with van der Waals surface area (Å²) in [4.78, 5) is 5.19. The number of benzene rings is 4. The van der Waals surface area contributed by atoms with Crippen molar-refractivity contribution in [2.24, 2.45) is 5.16 Å². The van der Waals surface area contributed by atoms with Crippen molar-refractivity contribution < 1.29 is 17.6 Å². The molecule has 0 bridgehead atoms. The van der Waals surface area contributed by atoms with Crippen molar-refractivity contribution in [3.8, 4) is 11.1 Å². The Morgan fingerprint density at radius 3 is 2.23 bits per heavy atom. The number of oxime groups is 1. The Labute approximate surface area is 180 Å². The first-order valence-corrected chi connectivity index (χ1v) is 11.1. The number of fused-ring (bicyclic) bond motifs is 1. The van der Waals surface area contributed by atoms with E-state index in [0.29, 0.717) is 11.3 Å². The highest BCUT2D eigenvalue weighted by Crippen LogP contribution is 2.30. The maximum absolute atomic E-state index is 13.4. The predicted octanol–water partition coefficient (Wildman–Crippen LogP) is 5.85. The van der Waals surface area contributed by atoms with Crippen LogP contribution in [0.15, 0.2) is 99.9 Å². The Morgan fingerprint density at radius 2 is 1.48 bits per heavy atom. The Morgan fingerprint density at radius 1 is 0.839 bits per heavy atom. The zero-order valence-corrected chi connectivity index (χ0v) is 17.9. The first-order valence-electron chi connectivity index (χ1n) is 9.62. The lowest BCUT2D eigenvalue weighted by atomic mass is 10.0. The molecule has 31 heavy (non-hydrogen) atoms. The number of rotatable bonds is 5. The van der Waals surface area contributed by atoms with Crippen LogP contribution in [0.2, 0.25) is 0 Å². The molecular formula is C25H20FNO3S. The Bertz CT molecular complexity index is 1390. The summed E-state index contributed by atoms with van der Waals surface area (Å²) in [6, 6.07) is 23.8. The van der Waals surface area contributed by atoms with Crippen molar-refractivity contribution in [1.29, 1.82) is 0 Å². The van der Waals surface area contributed by atoms with Crippen LogP contribution in [0.5, 0.6) is 0 Å². The predicted molar refractivity (Wildman–Crippen MR) is 120 cm³/mol. The van der Waals surface area contributed by atoms with E-state index >= 15 is 0 Å². The molecule has 4 aromatic rings. The number of sulfone groups is 1. The van der Waals surface area contributed by atoms with E-state index in [0.717, 1.165) is 21.9 Å². The average molecular weight is 434 g/mol. The second-order valence-corrected chi connectivity index (χ2v) is 9.01. The fourth-order valence-corrected chi connectivity index (χ4v) is 5.07. The van der Waals surface area contributed by atoms with Gasteiger partial charge in [0.25, 0.3) is 0 Å². The molecule has 0 atom stereocenters. The highest BCUT2D eigenvalue weighted by Gasteiger charge is 2.22. The number of hydrogen-bond acceptors (Lipinski definition) is 4. The average Bonchev–Trinajstić information content (AvgIpc) is 2.79.